The molecule has 1 N–H and O–H groups in total. The van der Waals surface area contributed by atoms with Gasteiger partial charge in [-0.15, -0.1) is 0 Å². The number of benzene rings is 2. The van der Waals surface area contributed by atoms with Gasteiger partial charge in [0.1, 0.15) is 17.1 Å². The molecule has 0 aliphatic heterocycles. The summed E-state index contributed by atoms with van der Waals surface area (Å²) in [5, 5.41) is 10.1. The highest BCUT2D eigenvalue weighted by molar-refractivity contribution is 5.98. The van der Waals surface area contributed by atoms with E-state index in [1.165, 1.54) is 38.6 Å². The number of Topliss-reactive ketones (excluding diaryl/α,β-unsaturated/α-hetero) is 1. The molecule has 0 aliphatic rings. The summed E-state index contributed by atoms with van der Waals surface area (Å²) >= 11 is 0. The number of hydrogen-bond acceptors (Lipinski definition) is 8. The zero-order valence-corrected chi connectivity index (χ0v) is 24.2. The van der Waals surface area contributed by atoms with Gasteiger partial charge in [0.15, 0.2) is 17.3 Å². The molecular formula is C33H30FN3O6. The Morgan fingerprint density at radius 1 is 1.02 bits per heavy atom. The van der Waals surface area contributed by atoms with E-state index in [9.17, 15) is 19.1 Å². The van der Waals surface area contributed by atoms with E-state index in [0.29, 0.717) is 63.1 Å². The Kier molecular flexibility index (Phi) is 8.49. The van der Waals surface area contributed by atoms with Gasteiger partial charge in [0.05, 0.1) is 43.2 Å². The van der Waals surface area contributed by atoms with Crippen molar-refractivity contribution in [2.24, 2.45) is 0 Å². The third-order valence-electron chi connectivity index (χ3n) is 7.18. The topological polar surface area (TPSA) is 113 Å². The highest BCUT2D eigenvalue weighted by Crippen LogP contribution is 2.34. The predicted octanol–water partition coefficient (Wildman–Crippen LogP) is 5.65. The van der Waals surface area contributed by atoms with Crippen molar-refractivity contribution in [3.05, 3.63) is 105 Å². The average Bonchev–Trinajstić information content (AvgIpc) is 3.01. The number of ketones is 1. The number of ether oxygens (including phenoxy) is 3. The summed E-state index contributed by atoms with van der Waals surface area (Å²) in [7, 11) is 3.02. The minimum Gasteiger partial charge on any atom is -0.491 e. The van der Waals surface area contributed by atoms with Crippen LogP contribution in [0, 0.1) is 12.7 Å². The number of fused-ring (bicyclic) bond motifs is 1. The van der Waals surface area contributed by atoms with Crippen LogP contribution in [0.2, 0.25) is 0 Å². The van der Waals surface area contributed by atoms with E-state index in [-0.39, 0.29) is 23.3 Å². The second-order valence-electron chi connectivity index (χ2n) is 9.82. The Morgan fingerprint density at radius 3 is 2.44 bits per heavy atom. The number of aryl methyl sites for hydroxylation is 2. The van der Waals surface area contributed by atoms with Gasteiger partial charge in [-0.25, -0.2) is 9.37 Å². The third-order valence-corrected chi connectivity index (χ3v) is 7.18. The smallest absolute Gasteiger partial charge is 0.257 e. The first-order valence-corrected chi connectivity index (χ1v) is 13.6. The van der Waals surface area contributed by atoms with Crippen LogP contribution in [0.1, 0.15) is 34.1 Å². The summed E-state index contributed by atoms with van der Waals surface area (Å²) < 4.78 is 32.2. The van der Waals surface area contributed by atoms with E-state index in [4.69, 9.17) is 14.2 Å². The summed E-state index contributed by atoms with van der Waals surface area (Å²) in [4.78, 5) is 35.9. The lowest BCUT2D eigenvalue weighted by Crippen LogP contribution is -2.25. The van der Waals surface area contributed by atoms with Crippen molar-refractivity contribution >= 4 is 16.8 Å². The second kappa shape index (κ2) is 12.4. The molecule has 0 unspecified atom stereocenters. The van der Waals surface area contributed by atoms with Crippen LogP contribution in [0.25, 0.3) is 22.2 Å². The van der Waals surface area contributed by atoms with Gasteiger partial charge in [-0.1, -0.05) is 18.2 Å². The molecule has 0 saturated heterocycles. The maximum absolute atomic E-state index is 13.8. The van der Waals surface area contributed by atoms with Gasteiger partial charge in [0.2, 0.25) is 5.43 Å². The summed E-state index contributed by atoms with van der Waals surface area (Å²) in [5.74, 6) is 0.906. The van der Waals surface area contributed by atoms with Crippen LogP contribution in [0.3, 0.4) is 0 Å². The molecular weight excluding hydrogens is 553 g/mol. The molecule has 0 radical (unpaired) electrons. The monoisotopic (exact) mass is 583 g/mol. The van der Waals surface area contributed by atoms with Crippen molar-refractivity contribution in [3.63, 3.8) is 0 Å². The fraction of sp³-hybridized carbons (Fsp3) is 0.212. The number of hydrogen-bond donors (Lipinski definition) is 1. The molecule has 9 nitrogen and oxygen atoms in total. The first-order chi connectivity index (χ1) is 20.8. The number of aliphatic hydroxyl groups excluding tert-OH is 1. The molecule has 3 heterocycles. The molecule has 0 spiro atoms. The highest BCUT2D eigenvalue weighted by Gasteiger charge is 2.22. The maximum Gasteiger partial charge on any atom is 0.257 e. The second-order valence-corrected chi connectivity index (χ2v) is 9.82. The molecule has 0 fully saturated rings. The van der Waals surface area contributed by atoms with Crippen molar-refractivity contribution in [1.82, 2.24) is 14.5 Å². The van der Waals surface area contributed by atoms with Crippen molar-refractivity contribution < 1.29 is 28.5 Å². The van der Waals surface area contributed by atoms with Gasteiger partial charge < -0.3 is 23.9 Å². The van der Waals surface area contributed by atoms with Crippen molar-refractivity contribution in [2.75, 3.05) is 14.2 Å². The van der Waals surface area contributed by atoms with E-state index >= 15 is 0 Å². The van der Waals surface area contributed by atoms with Crippen LogP contribution in [0.4, 0.5) is 4.39 Å². The van der Waals surface area contributed by atoms with E-state index in [2.05, 4.69) is 9.97 Å². The number of aromatic nitrogens is 3. The molecule has 220 valence electrons. The predicted molar refractivity (Wildman–Crippen MR) is 160 cm³/mol. The molecule has 10 heteroatoms. The lowest BCUT2D eigenvalue weighted by atomic mass is 9.94. The Hall–Kier alpha value is -5.09. The van der Waals surface area contributed by atoms with Gasteiger partial charge in [-0.05, 0) is 54.8 Å². The van der Waals surface area contributed by atoms with Gasteiger partial charge in [0.25, 0.3) is 5.88 Å². The molecule has 0 atom stereocenters. The van der Waals surface area contributed by atoms with Crippen LogP contribution in [0.15, 0.2) is 71.8 Å². The highest BCUT2D eigenvalue weighted by atomic mass is 19.1. The van der Waals surface area contributed by atoms with E-state index in [0.717, 1.165) is 0 Å². The average molecular weight is 584 g/mol. The van der Waals surface area contributed by atoms with E-state index in [1.54, 1.807) is 54.1 Å². The standard InChI is InChI=1S/C33H30FN3O6/c1-5-37-17-24(32(40)30(26(37)18-38)23-11-8-21(34)14-19(23)2)27(39)15-20-6-9-22(10-7-20)43-28-12-13-35-25-16-29(41-3)33(42-4)36-31(25)28/h6-14,16-17,38H,5,15,18H2,1-4H3. The lowest BCUT2D eigenvalue weighted by Gasteiger charge is -2.18. The summed E-state index contributed by atoms with van der Waals surface area (Å²) in [5.41, 5.74) is 2.80. The van der Waals surface area contributed by atoms with Crippen molar-refractivity contribution in [3.8, 4) is 34.3 Å². The van der Waals surface area contributed by atoms with Crippen LogP contribution < -0.4 is 19.6 Å². The molecule has 0 bridgehead atoms. The Labute approximate surface area is 247 Å². The van der Waals surface area contributed by atoms with Gasteiger partial charge >= 0.3 is 0 Å². The molecule has 3 aromatic heterocycles. The number of pyridine rings is 3. The fourth-order valence-corrected chi connectivity index (χ4v) is 5.01. The number of carbonyl (C=O) groups excluding carboxylic acids is 1. The number of carbonyl (C=O) groups is 1. The number of aliphatic hydroxyl groups is 1. The largest absolute Gasteiger partial charge is 0.491 e. The van der Waals surface area contributed by atoms with Gasteiger partial charge in [-0.2, -0.15) is 0 Å². The first kappa shape index (κ1) is 29.4. The molecule has 43 heavy (non-hydrogen) atoms. The zero-order chi connectivity index (χ0) is 30.7. The summed E-state index contributed by atoms with van der Waals surface area (Å²) in [6.45, 7) is 3.55. The fourth-order valence-electron chi connectivity index (χ4n) is 5.01. The first-order valence-electron chi connectivity index (χ1n) is 13.6. The minimum atomic E-state index is -0.502. The van der Waals surface area contributed by atoms with Crippen LogP contribution in [-0.4, -0.2) is 39.6 Å². The summed E-state index contributed by atoms with van der Waals surface area (Å²) in [6, 6.07) is 14.4. The van der Waals surface area contributed by atoms with Crippen LogP contribution >= 0.6 is 0 Å². The number of halogens is 1. The Balaban J connectivity index is 1.43. The zero-order valence-electron chi connectivity index (χ0n) is 24.2. The lowest BCUT2D eigenvalue weighted by molar-refractivity contribution is 0.0991. The molecule has 5 aromatic rings. The third kappa shape index (κ3) is 5.82. The van der Waals surface area contributed by atoms with Crippen molar-refractivity contribution in [1.29, 1.82) is 0 Å². The Morgan fingerprint density at radius 2 is 1.79 bits per heavy atom. The van der Waals surface area contributed by atoms with E-state index in [1.807, 2.05) is 6.92 Å². The number of nitrogens with zero attached hydrogens (tertiary/aromatic N) is 3. The van der Waals surface area contributed by atoms with Crippen LogP contribution in [0.5, 0.6) is 23.1 Å². The van der Waals surface area contributed by atoms with Gasteiger partial charge in [-0.3, -0.25) is 14.6 Å². The summed E-state index contributed by atoms with van der Waals surface area (Å²) in [6.07, 6.45) is 3.06. The number of methoxy groups -OCH3 is 2. The quantitative estimate of drug-likeness (QED) is 0.210. The Bertz CT molecular complexity index is 1890. The molecule has 0 saturated carbocycles. The molecule has 2 aromatic carbocycles. The van der Waals surface area contributed by atoms with Crippen molar-refractivity contribution in [2.45, 2.75) is 33.4 Å². The molecule has 0 amide bonds. The van der Waals surface area contributed by atoms with E-state index < -0.39 is 17.9 Å². The number of rotatable bonds is 10. The minimum absolute atomic E-state index is 0.00296. The normalized spacial score (nSPS) is 11.0. The maximum atomic E-state index is 13.8. The molecule has 5 rings (SSSR count). The molecule has 0 aliphatic carbocycles. The van der Waals surface area contributed by atoms with Gasteiger partial charge in [0, 0.05) is 37.5 Å². The van der Waals surface area contributed by atoms with Crippen LogP contribution in [-0.2, 0) is 19.6 Å². The SMILES string of the molecule is CCn1cc(C(=O)Cc2ccc(Oc3ccnc4cc(OC)c(OC)nc34)cc2)c(=O)c(-c2ccc(F)cc2C)c1CO.